The number of hydrogen-bond donors (Lipinski definition) is 3. The van der Waals surface area contributed by atoms with Crippen LogP contribution in [-0.4, -0.2) is 34.6 Å². The minimum absolute atomic E-state index is 0.0738. The van der Waals surface area contributed by atoms with Crippen LogP contribution in [0, 0.1) is 9.39 Å². The third kappa shape index (κ3) is 4.34. The number of anilines is 2. The number of rotatable bonds is 7. The van der Waals surface area contributed by atoms with E-state index in [1.807, 2.05) is 22.6 Å². The zero-order valence-corrected chi connectivity index (χ0v) is 16.8. The molecule has 26 heavy (non-hydrogen) atoms. The molecule has 1 amide bonds. The summed E-state index contributed by atoms with van der Waals surface area (Å²) in [6.45, 7) is 0.894. The van der Waals surface area contributed by atoms with E-state index >= 15 is 0 Å². The summed E-state index contributed by atoms with van der Waals surface area (Å²) in [4.78, 5) is 29.1. The number of nitrogens with zero attached hydrogens (tertiary/aromatic N) is 1. The minimum Gasteiger partial charge on any atom is -0.394 e. The highest BCUT2D eigenvalue weighted by molar-refractivity contribution is 14.1. The van der Waals surface area contributed by atoms with Gasteiger partial charge in [-0.1, -0.05) is 11.6 Å². The average Bonchev–Trinajstić information content (AvgIpc) is 2.80. The molecule has 0 unspecified atom stereocenters. The second-order valence-corrected chi connectivity index (χ2v) is 6.88. The van der Waals surface area contributed by atoms with Crippen molar-refractivity contribution in [3.8, 4) is 0 Å². The van der Waals surface area contributed by atoms with Crippen LogP contribution in [0.15, 0.2) is 18.2 Å². The van der Waals surface area contributed by atoms with Crippen molar-refractivity contribution in [2.75, 3.05) is 18.5 Å². The number of hydroxylamine groups is 1. The summed E-state index contributed by atoms with van der Waals surface area (Å²) in [5, 5.41) is 11.4. The van der Waals surface area contributed by atoms with Crippen molar-refractivity contribution < 1.29 is 23.9 Å². The quantitative estimate of drug-likeness (QED) is 0.238. The molecule has 10 heteroatoms. The number of aliphatic hydroxyl groups is 1. The maximum atomic E-state index is 14.2. The molecule has 3 N–H and O–H groups in total. The second-order valence-electron chi connectivity index (χ2n) is 5.25. The van der Waals surface area contributed by atoms with Crippen LogP contribution >= 0.6 is 34.2 Å². The molecule has 0 bridgehead atoms. The van der Waals surface area contributed by atoms with Crippen LogP contribution in [0.4, 0.5) is 15.9 Å². The molecule has 0 fully saturated rings. The monoisotopic (exact) mass is 495 g/mol. The van der Waals surface area contributed by atoms with Crippen LogP contribution in [0.3, 0.4) is 0 Å². The van der Waals surface area contributed by atoms with E-state index in [0.717, 1.165) is 0 Å². The van der Waals surface area contributed by atoms with E-state index < -0.39 is 11.7 Å². The van der Waals surface area contributed by atoms with Crippen LogP contribution in [0.5, 0.6) is 0 Å². The van der Waals surface area contributed by atoms with Gasteiger partial charge in [-0.3, -0.25) is 14.4 Å². The fourth-order valence-corrected chi connectivity index (χ4v) is 3.21. The van der Waals surface area contributed by atoms with E-state index in [-0.39, 0.29) is 46.8 Å². The molecule has 2 rings (SSSR count). The summed E-state index contributed by atoms with van der Waals surface area (Å²) >= 11 is 8.20. The van der Waals surface area contributed by atoms with E-state index in [0.29, 0.717) is 3.57 Å². The van der Waals surface area contributed by atoms with Gasteiger partial charge < -0.3 is 15.0 Å². The van der Waals surface area contributed by atoms with Crippen LogP contribution in [0.2, 0.25) is 5.02 Å². The molecule has 140 valence electrons. The van der Waals surface area contributed by atoms with Gasteiger partial charge in [0, 0.05) is 17.5 Å². The van der Waals surface area contributed by atoms with Gasteiger partial charge in [0.2, 0.25) is 0 Å². The van der Waals surface area contributed by atoms with Crippen LogP contribution < -0.4 is 10.8 Å². The van der Waals surface area contributed by atoms with E-state index in [4.69, 9.17) is 21.5 Å². The third-order valence-corrected chi connectivity index (χ3v) is 4.48. The van der Waals surface area contributed by atoms with E-state index in [2.05, 4.69) is 10.8 Å². The van der Waals surface area contributed by atoms with Crippen molar-refractivity contribution in [2.45, 2.75) is 6.92 Å². The Morgan fingerprint density at radius 1 is 1.42 bits per heavy atom. The Labute approximate surface area is 167 Å². The number of Topliss-reactive ketones (excluding diaryl/α,β-unsaturated/α-hetero) is 1. The molecule has 1 aromatic heterocycles. The predicted molar refractivity (Wildman–Crippen MR) is 103 cm³/mol. The maximum absolute atomic E-state index is 14.2. The number of halogens is 3. The van der Waals surface area contributed by atoms with Crippen LogP contribution in [0.25, 0.3) is 0 Å². The number of carbonyl (C=O) groups excluding carboxylic acids is 2. The predicted octanol–water partition coefficient (Wildman–Crippen LogP) is 3.02. The molecule has 0 saturated heterocycles. The molecular formula is C16H16ClFIN3O4. The highest BCUT2D eigenvalue weighted by Gasteiger charge is 2.28. The van der Waals surface area contributed by atoms with Crippen LogP contribution in [-0.2, 0) is 11.9 Å². The highest BCUT2D eigenvalue weighted by Crippen LogP contribution is 2.34. The zero-order valence-electron chi connectivity index (χ0n) is 13.9. The molecule has 2 aromatic rings. The molecule has 0 spiro atoms. The summed E-state index contributed by atoms with van der Waals surface area (Å²) in [5.41, 5.74) is 2.26. The zero-order chi connectivity index (χ0) is 19.4. The molecule has 0 radical (unpaired) electrons. The number of aromatic nitrogens is 1. The van der Waals surface area contributed by atoms with Gasteiger partial charge in [-0.05, 0) is 40.8 Å². The normalized spacial score (nSPS) is 10.7. The molecule has 7 nitrogen and oxygen atoms in total. The third-order valence-electron chi connectivity index (χ3n) is 3.44. The first-order valence-electron chi connectivity index (χ1n) is 7.42. The number of hydrogen-bond acceptors (Lipinski definition) is 5. The standard InChI is InChI=1S/C16H16ClFIN3O4/c1-8(24)14-13(17)12(16(25)21-26-6-5-23)15(22(14)2)20-11-4-3-9(19)7-10(11)18/h3-4,7,20,23H,5-6H2,1-2H3,(H,21,25). The lowest BCUT2D eigenvalue weighted by Crippen LogP contribution is -2.26. The molecule has 0 atom stereocenters. The number of aliphatic hydroxyl groups excluding tert-OH is 1. The smallest absolute Gasteiger partial charge is 0.280 e. The Balaban J connectivity index is 2.50. The molecule has 0 aliphatic heterocycles. The lowest BCUT2D eigenvalue weighted by molar-refractivity contribution is 0.0169. The summed E-state index contributed by atoms with van der Waals surface area (Å²) < 4.78 is 16.3. The Kier molecular flexibility index (Phi) is 6.98. The molecule has 0 aliphatic carbocycles. The Bertz CT molecular complexity index is 857. The van der Waals surface area contributed by atoms with Gasteiger partial charge in [-0.15, -0.1) is 0 Å². The molecular weight excluding hydrogens is 480 g/mol. The van der Waals surface area contributed by atoms with Gasteiger partial charge in [0.05, 0.1) is 23.9 Å². The average molecular weight is 496 g/mol. The van der Waals surface area contributed by atoms with Gasteiger partial charge in [-0.25, -0.2) is 9.87 Å². The Hall–Kier alpha value is -1.69. The van der Waals surface area contributed by atoms with Crippen LogP contribution in [0.1, 0.15) is 27.8 Å². The molecule has 0 aliphatic rings. The second kappa shape index (κ2) is 8.80. The van der Waals surface area contributed by atoms with Crippen molar-refractivity contribution in [3.05, 3.63) is 43.9 Å². The lowest BCUT2D eigenvalue weighted by Gasteiger charge is -2.12. The molecule has 1 aromatic carbocycles. The molecule has 1 heterocycles. The Morgan fingerprint density at radius 3 is 2.69 bits per heavy atom. The Morgan fingerprint density at radius 2 is 2.12 bits per heavy atom. The number of ketones is 1. The van der Waals surface area contributed by atoms with E-state index in [1.165, 1.54) is 30.7 Å². The fourth-order valence-electron chi connectivity index (χ4n) is 2.33. The fraction of sp³-hybridized carbons (Fsp3) is 0.250. The van der Waals surface area contributed by atoms with Gasteiger partial charge in [-0.2, -0.15) is 0 Å². The van der Waals surface area contributed by atoms with E-state index in [1.54, 1.807) is 6.07 Å². The SMILES string of the molecule is CC(=O)c1c(Cl)c(C(=O)NOCCO)c(Nc2ccc(I)cc2F)n1C. The van der Waals surface area contributed by atoms with Gasteiger partial charge >= 0.3 is 0 Å². The highest BCUT2D eigenvalue weighted by atomic mass is 127. The number of amides is 1. The van der Waals surface area contributed by atoms with Crippen molar-refractivity contribution in [1.82, 2.24) is 10.0 Å². The first-order valence-corrected chi connectivity index (χ1v) is 8.87. The van der Waals surface area contributed by atoms with Gasteiger partial charge in [0.1, 0.15) is 22.9 Å². The van der Waals surface area contributed by atoms with Crippen molar-refractivity contribution in [1.29, 1.82) is 0 Å². The van der Waals surface area contributed by atoms with E-state index in [9.17, 15) is 14.0 Å². The molecule has 0 saturated carbocycles. The van der Waals surface area contributed by atoms with Gasteiger partial charge in [0.25, 0.3) is 5.91 Å². The summed E-state index contributed by atoms with van der Waals surface area (Å²) in [6, 6.07) is 4.52. The van der Waals surface area contributed by atoms with Crippen molar-refractivity contribution in [3.63, 3.8) is 0 Å². The summed E-state index contributed by atoms with van der Waals surface area (Å²) in [5.74, 6) is -1.49. The summed E-state index contributed by atoms with van der Waals surface area (Å²) in [6.07, 6.45) is 0. The summed E-state index contributed by atoms with van der Waals surface area (Å²) in [7, 11) is 1.53. The lowest BCUT2D eigenvalue weighted by atomic mass is 10.2. The maximum Gasteiger partial charge on any atom is 0.280 e. The first-order chi connectivity index (χ1) is 12.3. The topological polar surface area (TPSA) is 92.6 Å². The number of benzene rings is 1. The van der Waals surface area contributed by atoms with Gasteiger partial charge in [0.15, 0.2) is 5.78 Å². The van der Waals surface area contributed by atoms with Crippen molar-refractivity contribution in [2.24, 2.45) is 7.05 Å². The number of nitrogens with one attached hydrogen (secondary N) is 2. The van der Waals surface area contributed by atoms with Crippen molar-refractivity contribution >= 4 is 57.4 Å². The first kappa shape index (κ1) is 20.6. The number of carbonyl (C=O) groups is 2. The largest absolute Gasteiger partial charge is 0.394 e. The minimum atomic E-state index is -0.736.